The Hall–Kier alpha value is -3.53. The lowest BCUT2D eigenvalue weighted by Gasteiger charge is -2.19. The van der Waals surface area contributed by atoms with Crippen molar-refractivity contribution in [2.45, 2.75) is 32.2 Å². The highest BCUT2D eigenvalue weighted by atomic mass is 16.5. The molecular formula is C30H30O3. The number of ketones is 1. The molecule has 3 atom stereocenters. The van der Waals surface area contributed by atoms with Crippen LogP contribution in [0.4, 0.5) is 0 Å². The molecule has 0 aliphatic rings. The van der Waals surface area contributed by atoms with E-state index in [0.717, 1.165) is 0 Å². The number of hydrogen-bond acceptors (Lipinski definition) is 3. The maximum Gasteiger partial charge on any atom is 0.195 e. The molecule has 0 bridgehead atoms. The van der Waals surface area contributed by atoms with Crippen molar-refractivity contribution in [1.29, 1.82) is 0 Å². The minimum absolute atomic E-state index is 0.117. The second-order valence-electron chi connectivity index (χ2n) is 7.79. The van der Waals surface area contributed by atoms with Gasteiger partial charge in [0.2, 0.25) is 0 Å². The highest BCUT2D eigenvalue weighted by Crippen LogP contribution is 2.25. The van der Waals surface area contributed by atoms with Crippen LogP contribution >= 0.6 is 0 Å². The third-order valence-corrected chi connectivity index (χ3v) is 5.37. The first-order valence-electron chi connectivity index (χ1n) is 11.1. The van der Waals surface area contributed by atoms with E-state index in [1.54, 1.807) is 48.5 Å². The quantitative estimate of drug-likeness (QED) is 0.312. The molecule has 4 rings (SSSR count). The van der Waals surface area contributed by atoms with Crippen molar-refractivity contribution in [3.05, 3.63) is 144 Å². The van der Waals surface area contributed by atoms with E-state index in [9.17, 15) is 9.90 Å². The Kier molecular flexibility index (Phi) is 9.13. The van der Waals surface area contributed by atoms with E-state index in [4.69, 9.17) is 4.74 Å². The molecule has 0 heterocycles. The maximum atomic E-state index is 11.9. The molecule has 0 spiro atoms. The third kappa shape index (κ3) is 7.25. The number of ether oxygens (including phenoxy) is 1. The van der Waals surface area contributed by atoms with Crippen LogP contribution in [0.5, 0.6) is 0 Å². The van der Waals surface area contributed by atoms with Crippen molar-refractivity contribution in [2.24, 2.45) is 0 Å². The van der Waals surface area contributed by atoms with Crippen LogP contribution in [0.2, 0.25) is 0 Å². The molecule has 33 heavy (non-hydrogen) atoms. The van der Waals surface area contributed by atoms with Gasteiger partial charge in [-0.05, 0) is 30.5 Å². The van der Waals surface area contributed by atoms with Crippen molar-refractivity contribution >= 4 is 5.78 Å². The number of hydrogen-bond donors (Lipinski definition) is 1. The summed E-state index contributed by atoms with van der Waals surface area (Å²) >= 11 is 0. The molecule has 3 heteroatoms. The van der Waals surface area contributed by atoms with Crippen molar-refractivity contribution in [3.8, 4) is 0 Å². The van der Waals surface area contributed by atoms with E-state index in [-0.39, 0.29) is 18.0 Å². The zero-order chi connectivity index (χ0) is 23.5. The Labute approximate surface area is 196 Å². The molecule has 0 radical (unpaired) electrons. The van der Waals surface area contributed by atoms with Crippen LogP contribution in [0.1, 0.15) is 59.2 Å². The first-order valence-corrected chi connectivity index (χ1v) is 11.1. The summed E-state index contributed by atoms with van der Waals surface area (Å²) in [4.78, 5) is 11.9. The Bertz CT molecular complexity index is 1040. The van der Waals surface area contributed by atoms with Crippen molar-refractivity contribution in [2.75, 3.05) is 0 Å². The number of aliphatic hydroxyl groups is 1. The Morgan fingerprint density at radius 2 is 0.909 bits per heavy atom. The molecule has 1 N–H and O–H groups in total. The SMILES string of the molecule is CC(OC(C)c1ccccc1)c1ccccc1.O=C(c1ccccc1)C(O)c1ccccc1. The highest BCUT2D eigenvalue weighted by Gasteiger charge is 2.18. The summed E-state index contributed by atoms with van der Waals surface area (Å²) in [5.74, 6) is -0.271. The predicted molar refractivity (Wildman–Crippen MR) is 133 cm³/mol. The van der Waals surface area contributed by atoms with Gasteiger partial charge >= 0.3 is 0 Å². The number of Topliss-reactive ketones (excluding diaryl/α,β-unsaturated/α-hetero) is 1. The van der Waals surface area contributed by atoms with Crippen LogP contribution in [-0.2, 0) is 4.74 Å². The van der Waals surface area contributed by atoms with Gasteiger partial charge in [0.25, 0.3) is 0 Å². The van der Waals surface area contributed by atoms with Gasteiger partial charge in [0.1, 0.15) is 6.10 Å². The zero-order valence-electron chi connectivity index (χ0n) is 19.0. The topological polar surface area (TPSA) is 46.5 Å². The Morgan fingerprint density at radius 1 is 0.576 bits per heavy atom. The van der Waals surface area contributed by atoms with E-state index < -0.39 is 6.10 Å². The van der Waals surface area contributed by atoms with Gasteiger partial charge < -0.3 is 9.84 Å². The fourth-order valence-electron chi connectivity index (χ4n) is 3.46. The van der Waals surface area contributed by atoms with Crippen molar-refractivity contribution in [1.82, 2.24) is 0 Å². The fourth-order valence-corrected chi connectivity index (χ4v) is 3.46. The fraction of sp³-hybridized carbons (Fsp3) is 0.167. The van der Waals surface area contributed by atoms with E-state index in [2.05, 4.69) is 38.1 Å². The van der Waals surface area contributed by atoms with Crippen molar-refractivity contribution < 1.29 is 14.6 Å². The van der Waals surface area contributed by atoms with Gasteiger partial charge in [0, 0.05) is 5.56 Å². The number of rotatable bonds is 7. The van der Waals surface area contributed by atoms with E-state index >= 15 is 0 Å². The molecule has 0 aromatic heterocycles. The molecule has 4 aromatic rings. The molecule has 3 unspecified atom stereocenters. The molecule has 0 aliphatic carbocycles. The largest absolute Gasteiger partial charge is 0.380 e. The third-order valence-electron chi connectivity index (χ3n) is 5.37. The summed E-state index contributed by atoms with van der Waals surface area (Å²) in [6.07, 6.45) is -0.846. The lowest BCUT2D eigenvalue weighted by atomic mass is 10.0. The van der Waals surface area contributed by atoms with Crippen LogP contribution in [0, 0.1) is 0 Å². The molecule has 0 amide bonds. The van der Waals surface area contributed by atoms with Gasteiger partial charge in [-0.15, -0.1) is 0 Å². The number of aliphatic hydroxyl groups excluding tert-OH is 1. The second kappa shape index (κ2) is 12.5. The first kappa shape index (κ1) is 24.1. The molecule has 0 saturated heterocycles. The number of benzene rings is 4. The predicted octanol–water partition coefficient (Wildman–Crippen LogP) is 7.13. The van der Waals surface area contributed by atoms with Gasteiger partial charge in [0.15, 0.2) is 5.78 Å². The molecule has 4 aromatic carbocycles. The lowest BCUT2D eigenvalue weighted by Crippen LogP contribution is -2.11. The van der Waals surface area contributed by atoms with Crippen LogP contribution in [0.15, 0.2) is 121 Å². The maximum absolute atomic E-state index is 11.9. The Balaban J connectivity index is 0.000000186. The summed E-state index contributed by atoms with van der Waals surface area (Å²) in [6.45, 7) is 4.18. The van der Waals surface area contributed by atoms with Gasteiger partial charge in [-0.2, -0.15) is 0 Å². The minimum atomic E-state index is -1.08. The first-order chi connectivity index (χ1) is 16.1. The minimum Gasteiger partial charge on any atom is -0.380 e. The molecule has 168 valence electrons. The monoisotopic (exact) mass is 438 g/mol. The lowest BCUT2D eigenvalue weighted by molar-refractivity contribution is 0.00586. The summed E-state index contributed by atoms with van der Waals surface area (Å²) in [5, 5.41) is 9.89. The van der Waals surface area contributed by atoms with Crippen molar-refractivity contribution in [3.63, 3.8) is 0 Å². The molecule has 0 aliphatic heterocycles. The number of carbonyl (C=O) groups is 1. The zero-order valence-corrected chi connectivity index (χ0v) is 19.0. The van der Waals surface area contributed by atoms with Crippen LogP contribution in [0.25, 0.3) is 0 Å². The summed E-state index contributed by atoms with van der Waals surface area (Å²) in [6, 6.07) is 38.4. The van der Waals surface area contributed by atoms with Gasteiger partial charge in [0.05, 0.1) is 12.2 Å². The number of carbonyl (C=O) groups excluding carboxylic acids is 1. The highest BCUT2D eigenvalue weighted by molar-refractivity contribution is 5.99. The molecular weight excluding hydrogens is 408 g/mol. The van der Waals surface area contributed by atoms with Crippen LogP contribution in [0.3, 0.4) is 0 Å². The van der Waals surface area contributed by atoms with Crippen LogP contribution < -0.4 is 0 Å². The average Bonchev–Trinajstić information content (AvgIpc) is 2.90. The van der Waals surface area contributed by atoms with E-state index in [1.165, 1.54) is 11.1 Å². The van der Waals surface area contributed by atoms with E-state index in [1.807, 2.05) is 48.5 Å². The summed E-state index contributed by atoms with van der Waals surface area (Å²) in [5.41, 5.74) is 3.58. The van der Waals surface area contributed by atoms with Gasteiger partial charge in [-0.25, -0.2) is 0 Å². The smallest absolute Gasteiger partial charge is 0.195 e. The van der Waals surface area contributed by atoms with Gasteiger partial charge in [-0.1, -0.05) is 121 Å². The van der Waals surface area contributed by atoms with Crippen LogP contribution in [-0.4, -0.2) is 10.9 Å². The summed E-state index contributed by atoms with van der Waals surface area (Å²) < 4.78 is 6.02. The standard InChI is InChI=1S/C16H18O.C14H12O2/c1-13(15-9-5-3-6-10-15)17-14(2)16-11-7-4-8-12-16;15-13(11-7-3-1-4-8-11)14(16)12-9-5-2-6-10-12/h3-14H,1-2H3;1-10,13,15H. The van der Waals surface area contributed by atoms with E-state index in [0.29, 0.717) is 11.1 Å². The molecule has 0 fully saturated rings. The normalized spacial score (nSPS) is 13.2. The molecule has 3 nitrogen and oxygen atoms in total. The Morgan fingerprint density at radius 3 is 1.30 bits per heavy atom. The van der Waals surface area contributed by atoms with Gasteiger partial charge in [-0.3, -0.25) is 4.79 Å². The summed E-state index contributed by atoms with van der Waals surface area (Å²) in [7, 11) is 0. The second-order valence-corrected chi connectivity index (χ2v) is 7.79. The average molecular weight is 439 g/mol. The molecule has 0 saturated carbocycles.